The zero-order valence-corrected chi connectivity index (χ0v) is 9.39. The highest BCUT2D eigenvalue weighted by atomic mass is 16.6. The molecular formula is C9H21N3O2. The first kappa shape index (κ1) is 13.2. The van der Waals surface area contributed by atoms with Gasteiger partial charge < -0.3 is 10.1 Å². The summed E-state index contributed by atoms with van der Waals surface area (Å²) >= 11 is 0. The molecular weight excluding hydrogens is 182 g/mol. The van der Waals surface area contributed by atoms with E-state index < -0.39 is 11.8 Å². The van der Waals surface area contributed by atoms with Crippen molar-refractivity contribution in [3.63, 3.8) is 0 Å². The number of nitrogens with two attached hydrogens (primary N) is 1. The lowest BCUT2D eigenvalue weighted by atomic mass is 10.2. The predicted molar refractivity (Wildman–Crippen MR) is 55.4 cm³/mol. The van der Waals surface area contributed by atoms with Gasteiger partial charge in [0.1, 0.15) is 0 Å². The summed E-state index contributed by atoms with van der Waals surface area (Å²) in [6.07, 6.45) is 1.03. The van der Waals surface area contributed by atoms with E-state index >= 15 is 0 Å². The maximum absolute atomic E-state index is 11.3. The molecule has 14 heavy (non-hydrogen) atoms. The van der Waals surface area contributed by atoms with E-state index in [9.17, 15) is 4.79 Å². The van der Waals surface area contributed by atoms with Crippen LogP contribution in [0.3, 0.4) is 0 Å². The zero-order valence-electron chi connectivity index (χ0n) is 9.39. The fourth-order valence-electron chi connectivity index (χ4n) is 0.741. The van der Waals surface area contributed by atoms with Crippen LogP contribution in [0.15, 0.2) is 0 Å². The van der Waals surface area contributed by atoms with Gasteiger partial charge in [-0.3, -0.25) is 5.84 Å². The summed E-state index contributed by atoms with van der Waals surface area (Å²) in [5.74, 6) is 5.27. The van der Waals surface area contributed by atoms with Gasteiger partial charge in [0.15, 0.2) is 5.72 Å². The molecule has 0 saturated carbocycles. The van der Waals surface area contributed by atoms with Gasteiger partial charge >= 0.3 is 6.09 Å². The van der Waals surface area contributed by atoms with Crippen molar-refractivity contribution in [3.05, 3.63) is 0 Å². The molecule has 0 fully saturated rings. The number of hydrazine groups is 1. The van der Waals surface area contributed by atoms with Gasteiger partial charge in [-0.15, -0.1) is 0 Å². The first-order chi connectivity index (χ1) is 6.47. The van der Waals surface area contributed by atoms with Gasteiger partial charge in [0.2, 0.25) is 0 Å². The number of rotatable bonds is 5. The largest absolute Gasteiger partial charge is 0.427 e. The molecule has 4 N–H and O–H groups in total. The maximum Gasteiger partial charge on any atom is 0.409 e. The highest BCUT2D eigenvalue weighted by Crippen LogP contribution is 2.09. The number of amides is 1. The van der Waals surface area contributed by atoms with E-state index in [0.29, 0.717) is 6.42 Å². The van der Waals surface area contributed by atoms with Gasteiger partial charge in [0.05, 0.1) is 0 Å². The van der Waals surface area contributed by atoms with Crippen LogP contribution in [0.2, 0.25) is 0 Å². The van der Waals surface area contributed by atoms with Crippen molar-refractivity contribution in [1.82, 2.24) is 10.7 Å². The molecule has 2 atom stereocenters. The smallest absolute Gasteiger partial charge is 0.409 e. The molecule has 5 nitrogen and oxygen atoms in total. The summed E-state index contributed by atoms with van der Waals surface area (Å²) in [5.41, 5.74) is 1.67. The van der Waals surface area contributed by atoms with Crippen molar-refractivity contribution in [2.45, 2.75) is 52.3 Å². The third kappa shape index (κ3) is 4.43. The van der Waals surface area contributed by atoms with Crippen molar-refractivity contribution in [1.29, 1.82) is 0 Å². The van der Waals surface area contributed by atoms with Crippen LogP contribution in [0.4, 0.5) is 4.79 Å². The molecule has 0 aromatic rings. The molecule has 1 unspecified atom stereocenters. The average molecular weight is 203 g/mol. The molecule has 1 amide bonds. The summed E-state index contributed by atoms with van der Waals surface area (Å²) in [5, 5.41) is 2.70. The molecule has 0 saturated heterocycles. The zero-order chi connectivity index (χ0) is 11.2. The van der Waals surface area contributed by atoms with Crippen molar-refractivity contribution in [2.75, 3.05) is 0 Å². The maximum atomic E-state index is 11.3. The number of carbonyl (C=O) groups excluding carboxylic acids is 1. The minimum Gasteiger partial charge on any atom is -0.427 e. The highest BCUT2D eigenvalue weighted by molar-refractivity contribution is 5.68. The quantitative estimate of drug-likeness (QED) is 0.355. The average Bonchev–Trinajstić information content (AvgIpc) is 2.17. The second kappa shape index (κ2) is 5.82. The molecule has 0 aliphatic carbocycles. The monoisotopic (exact) mass is 203 g/mol. The van der Waals surface area contributed by atoms with Crippen molar-refractivity contribution >= 4 is 6.09 Å². The Morgan fingerprint density at radius 2 is 2.14 bits per heavy atom. The Balaban J connectivity index is 4.04. The van der Waals surface area contributed by atoms with E-state index in [1.54, 1.807) is 6.92 Å². The summed E-state index contributed by atoms with van der Waals surface area (Å²) in [6.45, 7) is 7.52. The lowest BCUT2D eigenvalue weighted by Crippen LogP contribution is -2.52. The molecule has 0 radical (unpaired) electrons. The fraction of sp³-hybridized carbons (Fsp3) is 0.889. The van der Waals surface area contributed by atoms with Crippen LogP contribution in [-0.2, 0) is 4.74 Å². The second-order valence-corrected chi connectivity index (χ2v) is 3.57. The third-order valence-electron chi connectivity index (χ3n) is 2.27. The Bertz CT molecular complexity index is 181. The van der Waals surface area contributed by atoms with Gasteiger partial charge in [-0.25, -0.2) is 10.2 Å². The number of carbonyl (C=O) groups is 1. The van der Waals surface area contributed by atoms with Gasteiger partial charge in [0, 0.05) is 6.04 Å². The molecule has 0 aliphatic rings. The third-order valence-corrected chi connectivity index (χ3v) is 2.27. The van der Waals surface area contributed by atoms with E-state index in [4.69, 9.17) is 10.6 Å². The first-order valence-corrected chi connectivity index (χ1v) is 4.94. The Hall–Kier alpha value is -0.810. The first-order valence-electron chi connectivity index (χ1n) is 4.94. The van der Waals surface area contributed by atoms with Gasteiger partial charge in [0.25, 0.3) is 0 Å². The fourth-order valence-corrected chi connectivity index (χ4v) is 0.741. The Morgan fingerprint density at radius 1 is 1.57 bits per heavy atom. The van der Waals surface area contributed by atoms with Crippen LogP contribution >= 0.6 is 0 Å². The van der Waals surface area contributed by atoms with Crippen LogP contribution < -0.4 is 16.6 Å². The molecule has 0 aromatic carbocycles. The minimum atomic E-state index is -0.794. The van der Waals surface area contributed by atoms with Crippen LogP contribution in [0.1, 0.15) is 40.5 Å². The van der Waals surface area contributed by atoms with Crippen LogP contribution in [0.5, 0.6) is 0 Å². The number of ether oxygens (including phenoxy) is 1. The van der Waals surface area contributed by atoms with Crippen molar-refractivity contribution < 1.29 is 9.53 Å². The number of nitrogens with one attached hydrogen (secondary N) is 2. The summed E-state index contributed by atoms with van der Waals surface area (Å²) < 4.78 is 5.12. The molecule has 0 spiro atoms. The van der Waals surface area contributed by atoms with E-state index in [-0.39, 0.29) is 6.04 Å². The summed E-state index contributed by atoms with van der Waals surface area (Å²) in [7, 11) is 0. The van der Waals surface area contributed by atoms with Gasteiger partial charge in [-0.2, -0.15) is 0 Å². The molecule has 5 heteroatoms. The normalized spacial score (nSPS) is 16.9. The molecule has 0 bridgehead atoms. The number of alkyl carbamates (subject to hydrolysis) is 1. The highest BCUT2D eigenvalue weighted by Gasteiger charge is 2.25. The van der Waals surface area contributed by atoms with E-state index in [2.05, 4.69) is 10.7 Å². The Kier molecular flexibility index (Phi) is 5.49. The lowest BCUT2D eigenvalue weighted by Gasteiger charge is -2.27. The number of hydrogen-bond donors (Lipinski definition) is 3. The number of hydrogen-bond acceptors (Lipinski definition) is 4. The summed E-state index contributed by atoms with van der Waals surface area (Å²) in [6, 6.07) is 0.112. The van der Waals surface area contributed by atoms with Gasteiger partial charge in [-0.05, 0) is 26.7 Å². The molecule has 0 aliphatic heterocycles. The van der Waals surface area contributed by atoms with Crippen LogP contribution in [0.25, 0.3) is 0 Å². The topological polar surface area (TPSA) is 76.4 Å². The summed E-state index contributed by atoms with van der Waals surface area (Å²) in [4.78, 5) is 11.3. The van der Waals surface area contributed by atoms with Crippen LogP contribution in [0, 0.1) is 0 Å². The predicted octanol–water partition coefficient (Wildman–Crippen LogP) is 1.10. The van der Waals surface area contributed by atoms with Crippen LogP contribution in [-0.4, -0.2) is 17.9 Å². The lowest BCUT2D eigenvalue weighted by molar-refractivity contribution is -0.00565. The van der Waals surface area contributed by atoms with E-state index in [0.717, 1.165) is 6.42 Å². The molecule has 0 rings (SSSR count). The SMILES string of the molecule is CC[C@H](C)NC(=O)OC(C)(CC)NN. The van der Waals surface area contributed by atoms with Gasteiger partial charge in [-0.1, -0.05) is 13.8 Å². The molecule has 0 aromatic heterocycles. The molecule has 84 valence electrons. The standard InChI is InChI=1S/C9H21N3O2/c1-5-7(3)11-8(13)14-9(4,6-2)12-10/h7,12H,5-6,10H2,1-4H3,(H,11,13)/t7-,9?/m0/s1. The molecule has 0 heterocycles. The van der Waals surface area contributed by atoms with E-state index in [1.807, 2.05) is 20.8 Å². The van der Waals surface area contributed by atoms with Crippen molar-refractivity contribution in [3.8, 4) is 0 Å². The van der Waals surface area contributed by atoms with E-state index in [1.165, 1.54) is 0 Å². The Labute approximate surface area is 85.3 Å². The van der Waals surface area contributed by atoms with Crippen molar-refractivity contribution in [2.24, 2.45) is 5.84 Å². The minimum absolute atomic E-state index is 0.112. The Morgan fingerprint density at radius 3 is 2.50 bits per heavy atom. The second-order valence-electron chi connectivity index (χ2n) is 3.57.